The Labute approximate surface area is 167 Å². The summed E-state index contributed by atoms with van der Waals surface area (Å²) >= 11 is 0. The molecule has 6 unspecified atom stereocenters. The van der Waals surface area contributed by atoms with E-state index in [9.17, 15) is 25.2 Å². The van der Waals surface area contributed by atoms with E-state index in [-0.39, 0.29) is 16.9 Å². The number of ether oxygens (including phenoxy) is 2. The third-order valence-corrected chi connectivity index (χ3v) is 5.87. The van der Waals surface area contributed by atoms with Crippen molar-refractivity contribution in [3.63, 3.8) is 0 Å². The first-order valence-corrected chi connectivity index (χ1v) is 10.2. The van der Waals surface area contributed by atoms with Gasteiger partial charge in [-0.1, -0.05) is 20.8 Å². The Kier molecular flexibility index (Phi) is 7.17. The molecule has 1 amide bonds. The maximum absolute atomic E-state index is 11.9. The average Bonchev–Trinajstić information content (AvgIpc) is 2.65. The van der Waals surface area contributed by atoms with Gasteiger partial charge < -0.3 is 35.2 Å². The summed E-state index contributed by atoms with van der Waals surface area (Å²) in [6, 6.07) is 0. The molecule has 1 heterocycles. The zero-order valence-corrected chi connectivity index (χ0v) is 17.6. The van der Waals surface area contributed by atoms with Gasteiger partial charge in [0, 0.05) is 12.0 Å². The van der Waals surface area contributed by atoms with E-state index in [2.05, 4.69) is 19.2 Å². The van der Waals surface area contributed by atoms with E-state index in [0.29, 0.717) is 19.4 Å². The monoisotopic (exact) mass is 403 g/mol. The summed E-state index contributed by atoms with van der Waals surface area (Å²) in [5, 5.41) is 43.0. The Morgan fingerprint density at radius 2 is 1.86 bits per heavy atom. The molecule has 8 heteroatoms. The first kappa shape index (κ1) is 23.5. The molecule has 6 atom stereocenters. The number of hydrogen-bond donors (Lipinski definition) is 5. The Hall–Kier alpha value is -0.770. The van der Waals surface area contributed by atoms with Gasteiger partial charge in [-0.3, -0.25) is 4.79 Å². The first-order chi connectivity index (χ1) is 12.9. The van der Waals surface area contributed by atoms with E-state index in [0.717, 1.165) is 12.8 Å². The molecule has 1 aliphatic carbocycles. The van der Waals surface area contributed by atoms with Crippen LogP contribution in [0.4, 0.5) is 0 Å². The minimum Gasteiger partial charge on any atom is -0.396 e. The molecule has 0 aromatic heterocycles. The predicted molar refractivity (Wildman–Crippen MR) is 102 cm³/mol. The van der Waals surface area contributed by atoms with Gasteiger partial charge in [0.1, 0.15) is 0 Å². The molecular weight excluding hydrogens is 366 g/mol. The highest BCUT2D eigenvalue weighted by Gasteiger charge is 2.71. The van der Waals surface area contributed by atoms with Crippen LogP contribution in [0.2, 0.25) is 0 Å². The number of carbonyl (C=O) groups is 1. The van der Waals surface area contributed by atoms with Crippen LogP contribution in [0.25, 0.3) is 0 Å². The maximum Gasteiger partial charge on any atom is 0.220 e. The summed E-state index contributed by atoms with van der Waals surface area (Å²) in [6.07, 6.45) is -0.512. The minimum atomic E-state index is -1.75. The number of hydrogen-bond acceptors (Lipinski definition) is 7. The number of aliphatic hydroxyl groups is 4. The van der Waals surface area contributed by atoms with Crippen LogP contribution in [0.1, 0.15) is 60.3 Å². The number of aliphatic hydroxyl groups excluding tert-OH is 3. The summed E-state index contributed by atoms with van der Waals surface area (Å²) in [6.45, 7) is 10.0. The largest absolute Gasteiger partial charge is 0.396 e. The van der Waals surface area contributed by atoms with Crippen molar-refractivity contribution in [1.29, 1.82) is 0 Å². The molecule has 1 aliphatic heterocycles. The van der Waals surface area contributed by atoms with Crippen molar-refractivity contribution >= 4 is 5.91 Å². The zero-order chi connectivity index (χ0) is 21.3. The summed E-state index contributed by atoms with van der Waals surface area (Å²) in [5.41, 5.74) is -0.465. The second-order valence-electron chi connectivity index (χ2n) is 9.68. The average molecular weight is 404 g/mol. The third kappa shape index (κ3) is 4.86. The molecule has 5 N–H and O–H groups in total. The van der Waals surface area contributed by atoms with Gasteiger partial charge in [0.2, 0.25) is 5.91 Å². The lowest BCUT2D eigenvalue weighted by molar-refractivity contribution is -0.438. The van der Waals surface area contributed by atoms with Crippen LogP contribution in [0.5, 0.6) is 0 Å². The Morgan fingerprint density at radius 1 is 1.21 bits per heavy atom. The molecule has 0 aromatic carbocycles. The highest BCUT2D eigenvalue weighted by Crippen LogP contribution is 2.53. The Morgan fingerprint density at radius 3 is 2.43 bits per heavy atom. The smallest absolute Gasteiger partial charge is 0.220 e. The van der Waals surface area contributed by atoms with E-state index in [1.54, 1.807) is 0 Å². The van der Waals surface area contributed by atoms with Crippen molar-refractivity contribution in [2.75, 3.05) is 13.2 Å². The van der Waals surface area contributed by atoms with E-state index in [4.69, 9.17) is 9.47 Å². The van der Waals surface area contributed by atoms with Crippen molar-refractivity contribution in [3.05, 3.63) is 0 Å². The van der Waals surface area contributed by atoms with Crippen LogP contribution < -0.4 is 5.32 Å². The highest BCUT2D eigenvalue weighted by atomic mass is 16.8. The lowest BCUT2D eigenvalue weighted by Crippen LogP contribution is -2.63. The van der Waals surface area contributed by atoms with Gasteiger partial charge in [-0.25, -0.2) is 0 Å². The van der Waals surface area contributed by atoms with Gasteiger partial charge in [-0.2, -0.15) is 0 Å². The van der Waals surface area contributed by atoms with Gasteiger partial charge in [-0.15, -0.1) is 0 Å². The number of carbonyl (C=O) groups excluding carboxylic acids is 1. The minimum absolute atomic E-state index is 0.0499. The van der Waals surface area contributed by atoms with E-state index < -0.39 is 42.7 Å². The molecule has 1 saturated heterocycles. The molecule has 8 nitrogen and oxygen atoms in total. The number of nitrogens with one attached hydrogen (secondary N) is 1. The van der Waals surface area contributed by atoms with Gasteiger partial charge >= 0.3 is 0 Å². The lowest BCUT2D eigenvalue weighted by Gasteiger charge is -2.49. The molecular formula is C20H37NO7. The van der Waals surface area contributed by atoms with Crippen molar-refractivity contribution in [2.24, 2.45) is 17.3 Å². The summed E-state index contributed by atoms with van der Waals surface area (Å²) in [5.74, 6) is -3.43. The summed E-state index contributed by atoms with van der Waals surface area (Å²) in [4.78, 5) is 11.9. The molecule has 2 fully saturated rings. The van der Waals surface area contributed by atoms with Gasteiger partial charge in [0.25, 0.3) is 0 Å². The fourth-order valence-corrected chi connectivity index (χ4v) is 4.72. The lowest BCUT2D eigenvalue weighted by atomic mass is 9.78. The van der Waals surface area contributed by atoms with Gasteiger partial charge in [-0.05, 0) is 38.5 Å². The fourth-order valence-electron chi connectivity index (χ4n) is 4.72. The second kappa shape index (κ2) is 8.53. The molecule has 2 rings (SSSR count). The van der Waals surface area contributed by atoms with Crippen LogP contribution in [-0.4, -0.2) is 69.4 Å². The Bertz CT molecular complexity index is 553. The summed E-state index contributed by atoms with van der Waals surface area (Å²) < 4.78 is 11.1. The van der Waals surface area contributed by atoms with Crippen molar-refractivity contribution < 1.29 is 34.7 Å². The SMILES string of the molecule is CCCC(=O)NC(C)(C)CC(C)(C)CCOC1OC2(O)C(CO)C(O)C(O)C12. The van der Waals surface area contributed by atoms with Crippen LogP contribution in [0.3, 0.4) is 0 Å². The summed E-state index contributed by atoms with van der Waals surface area (Å²) in [7, 11) is 0. The van der Waals surface area contributed by atoms with E-state index >= 15 is 0 Å². The topological polar surface area (TPSA) is 128 Å². The molecule has 2 aliphatic rings. The van der Waals surface area contributed by atoms with Crippen LogP contribution >= 0.6 is 0 Å². The van der Waals surface area contributed by atoms with E-state index in [1.165, 1.54) is 0 Å². The number of amides is 1. The van der Waals surface area contributed by atoms with E-state index in [1.807, 2.05) is 20.8 Å². The van der Waals surface area contributed by atoms with Crippen molar-refractivity contribution in [1.82, 2.24) is 5.32 Å². The maximum atomic E-state index is 11.9. The van der Waals surface area contributed by atoms with Crippen LogP contribution in [-0.2, 0) is 14.3 Å². The third-order valence-electron chi connectivity index (χ3n) is 5.87. The number of rotatable bonds is 10. The van der Waals surface area contributed by atoms with Crippen LogP contribution in [0.15, 0.2) is 0 Å². The molecule has 0 spiro atoms. The Balaban J connectivity index is 1.82. The molecule has 164 valence electrons. The zero-order valence-electron chi connectivity index (χ0n) is 17.6. The normalized spacial score (nSPS) is 35.4. The molecule has 0 aromatic rings. The quantitative estimate of drug-likeness (QED) is 0.359. The molecule has 1 saturated carbocycles. The van der Waals surface area contributed by atoms with Gasteiger partial charge in [0.05, 0.1) is 37.3 Å². The molecule has 0 radical (unpaired) electrons. The van der Waals surface area contributed by atoms with Crippen LogP contribution in [0, 0.1) is 17.3 Å². The number of fused-ring (bicyclic) bond motifs is 1. The van der Waals surface area contributed by atoms with Gasteiger partial charge in [0.15, 0.2) is 12.1 Å². The molecule has 28 heavy (non-hydrogen) atoms. The predicted octanol–water partition coefficient (Wildman–Crippen LogP) is 0.509. The standard InChI is InChI=1S/C20H37NO7/c1-6-7-13(23)21-19(4,5)11-18(2,3)8-9-27-17-14-16(25)15(24)12(10-22)20(14,26)28-17/h12,14-17,22,24-26H,6-11H2,1-5H3,(H,21,23). The first-order valence-electron chi connectivity index (χ1n) is 10.2. The molecule has 0 bridgehead atoms. The fraction of sp³-hybridized carbons (Fsp3) is 0.950. The second-order valence-corrected chi connectivity index (χ2v) is 9.68. The van der Waals surface area contributed by atoms with Crippen molar-refractivity contribution in [2.45, 2.75) is 90.1 Å². The highest BCUT2D eigenvalue weighted by molar-refractivity contribution is 5.76. The van der Waals surface area contributed by atoms with Crippen molar-refractivity contribution in [3.8, 4) is 0 Å².